The second-order valence-corrected chi connectivity index (χ2v) is 5.44. The quantitative estimate of drug-likeness (QED) is 0.828. The van der Waals surface area contributed by atoms with Crippen molar-refractivity contribution in [1.82, 2.24) is 5.32 Å². The van der Waals surface area contributed by atoms with Crippen LogP contribution in [0.5, 0.6) is 5.75 Å². The number of Topliss-reactive ketones (excluding diaryl/α,β-unsaturated/α-hetero) is 1. The first-order chi connectivity index (χ1) is 9.20. The van der Waals surface area contributed by atoms with Gasteiger partial charge in [0.2, 0.25) is 0 Å². The van der Waals surface area contributed by atoms with Crippen molar-refractivity contribution in [3.63, 3.8) is 0 Å². The Morgan fingerprint density at radius 1 is 1.42 bits per heavy atom. The van der Waals surface area contributed by atoms with Crippen LogP contribution in [0.4, 0.5) is 0 Å². The molecule has 1 saturated heterocycles. The van der Waals surface area contributed by atoms with Crippen LogP contribution < -0.4 is 10.1 Å². The molecule has 0 radical (unpaired) electrons. The van der Waals surface area contributed by atoms with E-state index in [0.717, 1.165) is 24.4 Å². The van der Waals surface area contributed by atoms with Gasteiger partial charge in [-0.2, -0.15) is 0 Å². The van der Waals surface area contributed by atoms with E-state index in [2.05, 4.69) is 12.2 Å². The van der Waals surface area contributed by atoms with Gasteiger partial charge in [0.15, 0.2) is 5.78 Å². The Hall–Kier alpha value is -1.35. The standard InChI is InChI=1S/C16H23NO2/c1-12(14-4-3-9-17-11-14)10-16(18)13-5-7-15(19-2)8-6-13/h5-8,12,14,17H,3-4,9-11H2,1-2H3. The molecule has 3 heteroatoms. The Bertz CT molecular complexity index is 407. The summed E-state index contributed by atoms with van der Waals surface area (Å²) in [7, 11) is 1.63. The number of hydrogen-bond donors (Lipinski definition) is 1. The first-order valence-electron chi connectivity index (χ1n) is 7.08. The van der Waals surface area contributed by atoms with Gasteiger partial charge in [-0.25, -0.2) is 0 Å². The van der Waals surface area contributed by atoms with Gasteiger partial charge >= 0.3 is 0 Å². The van der Waals surface area contributed by atoms with E-state index in [0.29, 0.717) is 18.3 Å². The minimum Gasteiger partial charge on any atom is -0.497 e. The number of carbonyl (C=O) groups is 1. The molecule has 19 heavy (non-hydrogen) atoms. The summed E-state index contributed by atoms with van der Waals surface area (Å²) in [5.74, 6) is 2.11. The van der Waals surface area contributed by atoms with Gasteiger partial charge in [-0.05, 0) is 62.0 Å². The van der Waals surface area contributed by atoms with Crippen LogP contribution in [0.15, 0.2) is 24.3 Å². The molecular weight excluding hydrogens is 238 g/mol. The summed E-state index contributed by atoms with van der Waals surface area (Å²) < 4.78 is 5.11. The highest BCUT2D eigenvalue weighted by atomic mass is 16.5. The predicted molar refractivity (Wildman–Crippen MR) is 76.7 cm³/mol. The van der Waals surface area contributed by atoms with Gasteiger partial charge in [-0.1, -0.05) is 6.92 Å². The van der Waals surface area contributed by atoms with Crippen LogP contribution in [0.3, 0.4) is 0 Å². The van der Waals surface area contributed by atoms with Gasteiger partial charge in [0.25, 0.3) is 0 Å². The van der Waals surface area contributed by atoms with Crippen LogP contribution in [0.25, 0.3) is 0 Å². The van der Waals surface area contributed by atoms with Crippen molar-refractivity contribution in [2.24, 2.45) is 11.8 Å². The number of benzene rings is 1. The van der Waals surface area contributed by atoms with E-state index in [1.54, 1.807) is 7.11 Å². The number of ether oxygens (including phenoxy) is 1. The van der Waals surface area contributed by atoms with Crippen LogP contribution >= 0.6 is 0 Å². The van der Waals surface area contributed by atoms with Crippen LogP contribution in [0.1, 0.15) is 36.5 Å². The second kappa shape index (κ2) is 6.71. The van der Waals surface area contributed by atoms with Crippen LogP contribution in [0.2, 0.25) is 0 Å². The van der Waals surface area contributed by atoms with Crippen molar-refractivity contribution in [2.75, 3.05) is 20.2 Å². The zero-order valence-electron chi connectivity index (χ0n) is 11.8. The van der Waals surface area contributed by atoms with E-state index in [1.807, 2.05) is 24.3 Å². The monoisotopic (exact) mass is 261 g/mol. The Morgan fingerprint density at radius 2 is 2.16 bits per heavy atom. The van der Waals surface area contributed by atoms with E-state index in [-0.39, 0.29) is 5.78 Å². The molecule has 1 aliphatic rings. The smallest absolute Gasteiger partial charge is 0.163 e. The molecule has 0 bridgehead atoms. The highest BCUT2D eigenvalue weighted by molar-refractivity contribution is 5.96. The SMILES string of the molecule is COc1ccc(C(=O)CC(C)C2CCCNC2)cc1. The Balaban J connectivity index is 1.91. The van der Waals surface area contributed by atoms with Crippen molar-refractivity contribution < 1.29 is 9.53 Å². The Kier molecular flexibility index (Phi) is 4.97. The van der Waals surface area contributed by atoms with Gasteiger partial charge in [0, 0.05) is 12.0 Å². The molecule has 1 heterocycles. The van der Waals surface area contributed by atoms with Crippen LogP contribution in [0, 0.1) is 11.8 Å². The highest BCUT2D eigenvalue weighted by Crippen LogP contribution is 2.24. The maximum absolute atomic E-state index is 12.2. The predicted octanol–water partition coefficient (Wildman–Crippen LogP) is 2.90. The fourth-order valence-corrected chi connectivity index (χ4v) is 2.72. The molecule has 0 spiro atoms. The van der Waals surface area contributed by atoms with Gasteiger partial charge in [-0.3, -0.25) is 4.79 Å². The third-order valence-corrected chi connectivity index (χ3v) is 4.06. The van der Waals surface area contributed by atoms with Gasteiger partial charge in [0.1, 0.15) is 5.75 Å². The molecule has 2 unspecified atom stereocenters. The summed E-state index contributed by atoms with van der Waals surface area (Å²) in [6.45, 7) is 4.37. The molecule has 3 nitrogen and oxygen atoms in total. The number of hydrogen-bond acceptors (Lipinski definition) is 3. The van der Waals surface area contributed by atoms with E-state index in [9.17, 15) is 4.79 Å². The number of methoxy groups -OCH3 is 1. The van der Waals surface area contributed by atoms with Crippen LogP contribution in [-0.2, 0) is 0 Å². The Labute approximate surface area is 115 Å². The Morgan fingerprint density at radius 3 is 2.74 bits per heavy atom. The van der Waals surface area contributed by atoms with Crippen LogP contribution in [-0.4, -0.2) is 26.0 Å². The van der Waals surface area contributed by atoms with Crippen molar-refractivity contribution >= 4 is 5.78 Å². The minimum absolute atomic E-state index is 0.237. The molecule has 0 aliphatic carbocycles. The molecule has 0 saturated carbocycles. The molecule has 1 N–H and O–H groups in total. The number of ketones is 1. The average molecular weight is 261 g/mol. The third kappa shape index (κ3) is 3.80. The normalized spacial score (nSPS) is 20.8. The van der Waals surface area contributed by atoms with Crippen molar-refractivity contribution in [2.45, 2.75) is 26.2 Å². The molecule has 104 valence electrons. The summed E-state index contributed by atoms with van der Waals surface area (Å²) in [4.78, 5) is 12.2. The lowest BCUT2D eigenvalue weighted by molar-refractivity contribution is 0.0943. The molecule has 1 aromatic carbocycles. The fourth-order valence-electron chi connectivity index (χ4n) is 2.72. The minimum atomic E-state index is 0.237. The molecule has 2 rings (SSSR count). The maximum Gasteiger partial charge on any atom is 0.163 e. The lowest BCUT2D eigenvalue weighted by atomic mass is 9.83. The number of rotatable bonds is 5. The summed E-state index contributed by atoms with van der Waals surface area (Å²) in [5, 5.41) is 3.42. The number of nitrogens with one attached hydrogen (secondary N) is 1. The highest BCUT2D eigenvalue weighted by Gasteiger charge is 2.22. The van der Waals surface area contributed by atoms with Gasteiger partial charge < -0.3 is 10.1 Å². The lowest BCUT2D eigenvalue weighted by Gasteiger charge is -2.28. The third-order valence-electron chi connectivity index (χ3n) is 4.06. The van der Waals surface area contributed by atoms with E-state index in [4.69, 9.17) is 4.74 Å². The summed E-state index contributed by atoms with van der Waals surface area (Å²) in [6.07, 6.45) is 3.11. The molecule has 1 aromatic rings. The average Bonchev–Trinajstić information content (AvgIpc) is 2.48. The molecule has 1 fully saturated rings. The first-order valence-corrected chi connectivity index (χ1v) is 7.08. The topological polar surface area (TPSA) is 38.3 Å². The lowest BCUT2D eigenvalue weighted by Crippen LogP contribution is -2.34. The number of piperidine rings is 1. The maximum atomic E-state index is 12.2. The summed E-state index contributed by atoms with van der Waals surface area (Å²) in [5.41, 5.74) is 0.788. The van der Waals surface area contributed by atoms with Crippen molar-refractivity contribution in [3.05, 3.63) is 29.8 Å². The number of carbonyl (C=O) groups excluding carboxylic acids is 1. The van der Waals surface area contributed by atoms with E-state index >= 15 is 0 Å². The summed E-state index contributed by atoms with van der Waals surface area (Å²) >= 11 is 0. The fraction of sp³-hybridized carbons (Fsp3) is 0.562. The van der Waals surface area contributed by atoms with E-state index in [1.165, 1.54) is 12.8 Å². The molecular formula is C16H23NO2. The molecule has 0 amide bonds. The second-order valence-electron chi connectivity index (χ2n) is 5.44. The molecule has 0 aromatic heterocycles. The van der Waals surface area contributed by atoms with Gasteiger partial charge in [-0.15, -0.1) is 0 Å². The summed E-state index contributed by atoms with van der Waals surface area (Å²) in [6, 6.07) is 7.40. The molecule has 2 atom stereocenters. The zero-order valence-corrected chi connectivity index (χ0v) is 11.8. The van der Waals surface area contributed by atoms with E-state index < -0.39 is 0 Å². The van der Waals surface area contributed by atoms with Crippen molar-refractivity contribution in [1.29, 1.82) is 0 Å². The zero-order chi connectivity index (χ0) is 13.7. The first kappa shape index (κ1) is 14.1. The van der Waals surface area contributed by atoms with Crippen molar-refractivity contribution in [3.8, 4) is 5.75 Å². The largest absolute Gasteiger partial charge is 0.497 e. The molecule has 1 aliphatic heterocycles. The van der Waals surface area contributed by atoms with Gasteiger partial charge in [0.05, 0.1) is 7.11 Å².